The number of halogens is 4. The van der Waals surface area contributed by atoms with Gasteiger partial charge in [0, 0.05) is 49.5 Å². The van der Waals surface area contributed by atoms with Crippen molar-refractivity contribution in [2.24, 2.45) is 0 Å². The Balaban J connectivity index is 1.58. The average Bonchev–Trinajstić information content (AvgIpc) is 3.09. The predicted octanol–water partition coefficient (Wildman–Crippen LogP) is 8.01. The highest BCUT2D eigenvalue weighted by atomic mass is 35.5. The molecule has 1 saturated heterocycles. The highest BCUT2D eigenvalue weighted by Gasteiger charge is 2.27. The van der Waals surface area contributed by atoms with Crippen molar-refractivity contribution in [1.29, 1.82) is 5.26 Å². The summed E-state index contributed by atoms with van der Waals surface area (Å²) in [6.45, 7) is 3.55. The van der Waals surface area contributed by atoms with E-state index in [0.717, 1.165) is 18.9 Å². The van der Waals surface area contributed by atoms with Crippen LogP contribution in [0, 0.1) is 28.8 Å². The van der Waals surface area contributed by atoms with Crippen molar-refractivity contribution in [2.75, 3.05) is 51.7 Å². The Morgan fingerprint density at radius 2 is 1.82 bits per heavy atom. The maximum absolute atomic E-state index is 15.9. The Labute approximate surface area is 287 Å². The first-order valence-corrected chi connectivity index (χ1v) is 16.3. The summed E-state index contributed by atoms with van der Waals surface area (Å²) in [7, 11) is 1.52. The van der Waals surface area contributed by atoms with Crippen molar-refractivity contribution in [1.82, 2.24) is 10.3 Å². The fourth-order valence-electron chi connectivity index (χ4n) is 5.76. The van der Waals surface area contributed by atoms with Gasteiger partial charge in [0.1, 0.15) is 17.7 Å². The number of hydrogen-bond acceptors (Lipinski definition) is 8. The van der Waals surface area contributed by atoms with Crippen LogP contribution < -0.4 is 15.0 Å². The number of fused-ring (bicyclic) bond motifs is 1. The highest BCUT2D eigenvalue weighted by molar-refractivity contribution is 6.31. The molecule has 49 heavy (non-hydrogen) atoms. The lowest BCUT2D eigenvalue weighted by molar-refractivity contribution is -0.00843. The number of amides is 1. The molecule has 0 unspecified atom stereocenters. The van der Waals surface area contributed by atoms with E-state index >= 15 is 4.39 Å². The predicted molar refractivity (Wildman–Crippen MR) is 180 cm³/mol. The molecular formula is C36H36ClF3N4O5. The summed E-state index contributed by atoms with van der Waals surface area (Å²) < 4.78 is 66.4. The lowest BCUT2D eigenvalue weighted by Crippen LogP contribution is -2.45. The van der Waals surface area contributed by atoms with Gasteiger partial charge in [-0.25, -0.2) is 18.0 Å². The number of carbonyl (C=O) groups is 1. The van der Waals surface area contributed by atoms with E-state index in [-0.39, 0.29) is 46.9 Å². The van der Waals surface area contributed by atoms with E-state index in [4.69, 9.17) is 30.5 Å². The van der Waals surface area contributed by atoms with Crippen molar-refractivity contribution >= 4 is 34.3 Å². The molecule has 0 spiro atoms. The van der Waals surface area contributed by atoms with Crippen LogP contribution >= 0.6 is 11.6 Å². The molecule has 0 aliphatic carbocycles. The number of alkyl carbamates (subject to hydrolysis) is 1. The molecule has 2 heterocycles. The summed E-state index contributed by atoms with van der Waals surface area (Å²) >= 11 is 6.25. The van der Waals surface area contributed by atoms with E-state index in [0.29, 0.717) is 66.9 Å². The molecule has 1 N–H and O–H groups in total. The number of nitrogens with zero attached hydrogens (tertiary/aromatic N) is 3. The van der Waals surface area contributed by atoms with E-state index in [2.05, 4.69) is 15.2 Å². The Morgan fingerprint density at radius 1 is 1.06 bits per heavy atom. The van der Waals surface area contributed by atoms with Crippen molar-refractivity contribution in [3.63, 3.8) is 0 Å². The van der Waals surface area contributed by atoms with Gasteiger partial charge >= 0.3 is 6.09 Å². The van der Waals surface area contributed by atoms with Gasteiger partial charge < -0.3 is 29.2 Å². The van der Waals surface area contributed by atoms with Crippen molar-refractivity contribution in [3.8, 4) is 34.1 Å². The van der Waals surface area contributed by atoms with Gasteiger partial charge in [-0.3, -0.25) is 4.98 Å². The summed E-state index contributed by atoms with van der Waals surface area (Å²) in [6.07, 6.45) is 3.91. The van der Waals surface area contributed by atoms with Crippen LogP contribution in [0.2, 0.25) is 5.02 Å². The van der Waals surface area contributed by atoms with Crippen LogP contribution in [-0.4, -0.2) is 63.9 Å². The number of carbonyl (C=O) groups excluding carboxylic acids is 1. The zero-order valence-corrected chi connectivity index (χ0v) is 27.9. The zero-order chi connectivity index (χ0) is 34.9. The van der Waals surface area contributed by atoms with E-state index in [9.17, 15) is 18.8 Å². The van der Waals surface area contributed by atoms with Crippen molar-refractivity contribution in [2.45, 2.75) is 38.6 Å². The van der Waals surface area contributed by atoms with Gasteiger partial charge in [-0.1, -0.05) is 31.0 Å². The minimum Gasteiger partial charge on any atom is -0.465 e. The number of piperidine rings is 1. The number of nitrogens with one attached hydrogen (secondary N) is 1. The SMILES string of the molecule is CCCCOC(=O)NC1CCN(c2c(-c3cc(F)cc(F)c3)cnc3ccc(-c4c(F)c(Cl)cc(C#N)c4OCOCCOC)cc23)CC1. The van der Waals surface area contributed by atoms with Crippen LogP contribution in [-0.2, 0) is 14.2 Å². The second-order valence-corrected chi connectivity index (χ2v) is 11.9. The molecule has 1 aromatic heterocycles. The standard InChI is InChI=1S/C36H36ClF3N4O5/c1-3-4-11-48-36(45)43-27-7-9-44(10-8-27)34-28-16-22(5-6-31(28)42-20-29(34)23-14-25(38)18-26(39)15-23)32-33(40)30(37)17-24(19-41)35(32)49-21-47-13-12-46-2/h5-6,14-18,20,27H,3-4,7-13,21H2,1-2H3,(H,43,45). The van der Waals surface area contributed by atoms with Gasteiger partial charge in [-0.2, -0.15) is 5.26 Å². The van der Waals surface area contributed by atoms with Gasteiger partial charge in [0.15, 0.2) is 18.4 Å². The van der Waals surface area contributed by atoms with Crippen LogP contribution in [0.4, 0.5) is 23.7 Å². The molecule has 13 heteroatoms. The molecule has 0 saturated carbocycles. The Hall–Kier alpha value is -4.57. The maximum Gasteiger partial charge on any atom is 0.407 e. The number of unbranched alkanes of at least 4 members (excludes halogenated alkanes) is 1. The first kappa shape index (κ1) is 35.7. The molecule has 258 valence electrons. The average molecular weight is 697 g/mol. The Bertz CT molecular complexity index is 1830. The maximum atomic E-state index is 15.9. The largest absolute Gasteiger partial charge is 0.465 e. The van der Waals surface area contributed by atoms with E-state index in [1.165, 1.54) is 25.3 Å². The number of methoxy groups -OCH3 is 1. The number of hydrogen-bond donors (Lipinski definition) is 1. The fraction of sp³-hybridized carbons (Fsp3) is 0.361. The van der Waals surface area contributed by atoms with Crippen molar-refractivity contribution < 1.29 is 36.9 Å². The quantitative estimate of drug-likeness (QED) is 0.111. The van der Waals surface area contributed by atoms with Crippen LogP contribution in [0.1, 0.15) is 38.2 Å². The van der Waals surface area contributed by atoms with Gasteiger partial charge in [0.2, 0.25) is 0 Å². The van der Waals surface area contributed by atoms with Gasteiger partial charge in [0.05, 0.1) is 47.2 Å². The third-order valence-corrected chi connectivity index (χ3v) is 8.45. The van der Waals surface area contributed by atoms with Gasteiger partial charge in [-0.05, 0) is 60.7 Å². The molecule has 1 fully saturated rings. The minimum absolute atomic E-state index is 0.00182. The van der Waals surface area contributed by atoms with Crippen LogP contribution in [0.25, 0.3) is 33.2 Å². The third kappa shape index (κ3) is 8.54. The molecule has 3 aromatic carbocycles. The second-order valence-electron chi connectivity index (χ2n) is 11.5. The number of rotatable bonds is 13. The van der Waals surface area contributed by atoms with E-state index < -0.39 is 23.5 Å². The number of ether oxygens (including phenoxy) is 4. The number of pyridine rings is 1. The molecule has 0 atom stereocenters. The van der Waals surface area contributed by atoms with Crippen LogP contribution in [0.5, 0.6) is 5.75 Å². The smallest absolute Gasteiger partial charge is 0.407 e. The van der Waals surface area contributed by atoms with Gasteiger partial charge in [0.25, 0.3) is 0 Å². The molecular weight excluding hydrogens is 661 g/mol. The lowest BCUT2D eigenvalue weighted by Gasteiger charge is -2.35. The molecule has 0 bridgehead atoms. The molecule has 4 aromatic rings. The first-order chi connectivity index (χ1) is 23.7. The molecule has 1 aliphatic heterocycles. The van der Waals surface area contributed by atoms with E-state index in [1.54, 1.807) is 24.4 Å². The Kier molecular flexibility index (Phi) is 12.2. The van der Waals surface area contributed by atoms with E-state index in [1.807, 2.05) is 13.0 Å². The first-order valence-electron chi connectivity index (χ1n) is 15.9. The summed E-state index contributed by atoms with van der Waals surface area (Å²) in [5.41, 5.74) is 2.15. The van der Waals surface area contributed by atoms with Crippen LogP contribution in [0.3, 0.4) is 0 Å². The minimum atomic E-state index is -0.803. The highest BCUT2D eigenvalue weighted by Crippen LogP contribution is 2.43. The number of benzene rings is 3. The van der Waals surface area contributed by atoms with Crippen LogP contribution in [0.15, 0.2) is 48.7 Å². The summed E-state index contributed by atoms with van der Waals surface area (Å²) in [5, 5.41) is 13.1. The third-order valence-electron chi connectivity index (χ3n) is 8.18. The molecule has 1 aliphatic rings. The summed E-state index contributed by atoms with van der Waals surface area (Å²) in [5.74, 6) is -2.36. The number of nitriles is 1. The fourth-order valence-corrected chi connectivity index (χ4v) is 5.97. The summed E-state index contributed by atoms with van der Waals surface area (Å²) in [4.78, 5) is 19.0. The Morgan fingerprint density at radius 3 is 2.51 bits per heavy atom. The monoisotopic (exact) mass is 696 g/mol. The summed E-state index contributed by atoms with van der Waals surface area (Å²) in [6, 6.07) is 11.3. The topological polar surface area (TPSA) is 106 Å². The van der Waals surface area contributed by atoms with Gasteiger partial charge in [-0.15, -0.1) is 0 Å². The molecule has 9 nitrogen and oxygen atoms in total. The molecule has 5 rings (SSSR count). The van der Waals surface area contributed by atoms with Crippen molar-refractivity contribution in [3.05, 3.63) is 76.7 Å². The molecule has 0 radical (unpaired) electrons. The lowest BCUT2D eigenvalue weighted by atomic mass is 9.95. The zero-order valence-electron chi connectivity index (χ0n) is 27.2. The number of aromatic nitrogens is 1. The number of anilines is 1. The second kappa shape index (κ2) is 16.7. The normalized spacial score (nSPS) is 13.4. The molecule has 1 amide bonds.